The first-order chi connectivity index (χ1) is 10.7. The van der Waals surface area contributed by atoms with Gasteiger partial charge in [0.2, 0.25) is 11.8 Å². The summed E-state index contributed by atoms with van der Waals surface area (Å²) in [6, 6.07) is 0.154. The molecule has 4 unspecified atom stereocenters. The highest BCUT2D eigenvalue weighted by Gasteiger charge is 2.47. The Morgan fingerprint density at radius 3 is 2.86 bits per heavy atom. The molecular weight excluding hydrogens is 282 g/mol. The average molecular weight is 305 g/mol. The van der Waals surface area contributed by atoms with Gasteiger partial charge in [0.25, 0.3) is 0 Å². The number of amides is 1. The first kappa shape index (κ1) is 14.2. The normalized spacial score (nSPS) is 33.3. The minimum atomic E-state index is 0.0298. The molecule has 22 heavy (non-hydrogen) atoms. The lowest BCUT2D eigenvalue weighted by Gasteiger charge is -2.30. The maximum absolute atomic E-state index is 12.2. The Hall–Kier alpha value is -1.43. The van der Waals surface area contributed by atoms with E-state index in [-0.39, 0.29) is 24.5 Å². The minimum absolute atomic E-state index is 0.0298. The number of carbonyl (C=O) groups is 1. The van der Waals surface area contributed by atoms with Gasteiger partial charge in [0, 0.05) is 37.3 Å². The fraction of sp³-hybridized carbons (Fsp3) is 0.812. The lowest BCUT2D eigenvalue weighted by Crippen LogP contribution is -2.45. The summed E-state index contributed by atoms with van der Waals surface area (Å²) in [5.41, 5.74) is 0. The molecule has 2 N–H and O–H groups in total. The summed E-state index contributed by atoms with van der Waals surface area (Å²) >= 11 is 0. The third-order valence-electron chi connectivity index (χ3n) is 5.62. The fourth-order valence-corrected chi connectivity index (χ4v) is 4.25. The van der Waals surface area contributed by atoms with Crippen molar-refractivity contribution < 1.29 is 14.4 Å². The molecule has 0 radical (unpaired) electrons. The van der Waals surface area contributed by atoms with Crippen LogP contribution in [-0.4, -0.2) is 33.8 Å². The number of fused-ring (bicyclic) bond motifs is 2. The van der Waals surface area contributed by atoms with E-state index in [1.54, 1.807) is 0 Å². The predicted molar refractivity (Wildman–Crippen MR) is 77.9 cm³/mol. The van der Waals surface area contributed by atoms with Crippen molar-refractivity contribution in [3.8, 4) is 0 Å². The van der Waals surface area contributed by atoms with Crippen LogP contribution in [0, 0.1) is 17.8 Å². The van der Waals surface area contributed by atoms with Crippen LogP contribution in [0.3, 0.4) is 0 Å². The van der Waals surface area contributed by atoms with Gasteiger partial charge in [-0.3, -0.25) is 4.79 Å². The first-order valence-corrected chi connectivity index (χ1v) is 8.47. The summed E-state index contributed by atoms with van der Waals surface area (Å²) in [5.74, 6) is 3.25. The van der Waals surface area contributed by atoms with E-state index in [9.17, 15) is 9.90 Å². The summed E-state index contributed by atoms with van der Waals surface area (Å²) in [5, 5.41) is 16.7. The Kier molecular flexibility index (Phi) is 3.64. The van der Waals surface area contributed by atoms with Gasteiger partial charge in [0.1, 0.15) is 0 Å². The van der Waals surface area contributed by atoms with Gasteiger partial charge in [-0.15, -0.1) is 0 Å². The monoisotopic (exact) mass is 305 g/mol. The minimum Gasteiger partial charge on any atom is -0.396 e. The summed E-state index contributed by atoms with van der Waals surface area (Å²) in [4.78, 5) is 16.5. The molecule has 6 heteroatoms. The number of rotatable bonds is 6. The van der Waals surface area contributed by atoms with Gasteiger partial charge in [-0.05, 0) is 43.9 Å². The van der Waals surface area contributed by atoms with E-state index in [0.29, 0.717) is 36.5 Å². The third-order valence-corrected chi connectivity index (χ3v) is 5.62. The predicted octanol–water partition coefficient (Wildman–Crippen LogP) is 1.40. The fourth-order valence-electron chi connectivity index (χ4n) is 4.25. The zero-order valence-electron chi connectivity index (χ0n) is 12.7. The second-order valence-electron chi connectivity index (χ2n) is 7.09. The number of aryl methyl sites for hydroxylation is 1. The largest absolute Gasteiger partial charge is 0.396 e. The second kappa shape index (κ2) is 5.65. The molecular formula is C16H23N3O3. The van der Waals surface area contributed by atoms with Crippen LogP contribution in [0.15, 0.2) is 4.52 Å². The van der Waals surface area contributed by atoms with Gasteiger partial charge in [-0.1, -0.05) is 5.16 Å². The Balaban J connectivity index is 1.28. The zero-order chi connectivity index (χ0) is 15.1. The Morgan fingerprint density at radius 1 is 1.27 bits per heavy atom. The quantitative estimate of drug-likeness (QED) is 0.829. The van der Waals surface area contributed by atoms with Crippen molar-refractivity contribution in [3.63, 3.8) is 0 Å². The molecule has 6 nitrogen and oxygen atoms in total. The molecule has 120 valence electrons. The van der Waals surface area contributed by atoms with Crippen LogP contribution >= 0.6 is 0 Å². The van der Waals surface area contributed by atoms with Crippen molar-refractivity contribution in [1.82, 2.24) is 15.5 Å². The third kappa shape index (κ3) is 2.64. The van der Waals surface area contributed by atoms with E-state index >= 15 is 0 Å². The number of nitrogens with one attached hydrogen (secondary N) is 1. The van der Waals surface area contributed by atoms with E-state index in [2.05, 4.69) is 15.5 Å². The lowest BCUT2D eigenvalue weighted by atomic mass is 9.85. The van der Waals surface area contributed by atoms with Crippen LogP contribution in [0.2, 0.25) is 0 Å². The molecule has 1 aromatic rings. The van der Waals surface area contributed by atoms with Gasteiger partial charge in [0.15, 0.2) is 5.82 Å². The van der Waals surface area contributed by atoms with Gasteiger partial charge < -0.3 is 14.9 Å². The van der Waals surface area contributed by atoms with Crippen LogP contribution in [0.25, 0.3) is 0 Å². The number of aliphatic hydroxyl groups excluding tert-OH is 1. The van der Waals surface area contributed by atoms with Gasteiger partial charge >= 0.3 is 0 Å². The molecule has 1 heterocycles. The van der Waals surface area contributed by atoms with Crippen molar-refractivity contribution in [2.75, 3.05) is 6.61 Å². The van der Waals surface area contributed by atoms with E-state index in [1.165, 1.54) is 12.8 Å². The molecule has 3 aliphatic rings. The van der Waals surface area contributed by atoms with Crippen LogP contribution in [0.4, 0.5) is 0 Å². The molecule has 0 spiro atoms. The molecule has 3 saturated carbocycles. The topological polar surface area (TPSA) is 88.2 Å². The second-order valence-corrected chi connectivity index (χ2v) is 7.09. The summed E-state index contributed by atoms with van der Waals surface area (Å²) in [6.07, 6.45) is 6.70. The first-order valence-electron chi connectivity index (χ1n) is 8.47. The number of hydrogen-bond acceptors (Lipinski definition) is 5. The Bertz CT molecular complexity index is 555. The van der Waals surface area contributed by atoms with Gasteiger partial charge in [-0.25, -0.2) is 0 Å². The number of carbonyl (C=O) groups excluding carboxylic acids is 1. The lowest BCUT2D eigenvalue weighted by molar-refractivity contribution is -0.122. The van der Waals surface area contributed by atoms with E-state index in [4.69, 9.17) is 4.52 Å². The molecule has 3 aliphatic carbocycles. The van der Waals surface area contributed by atoms with Crippen molar-refractivity contribution in [1.29, 1.82) is 0 Å². The molecule has 0 aromatic carbocycles. The molecule has 4 atom stereocenters. The maximum atomic E-state index is 12.2. The highest BCUT2D eigenvalue weighted by atomic mass is 16.5. The van der Waals surface area contributed by atoms with Crippen molar-refractivity contribution in [2.45, 2.75) is 56.9 Å². The number of nitrogens with zero attached hydrogens (tertiary/aromatic N) is 2. The summed E-state index contributed by atoms with van der Waals surface area (Å²) in [7, 11) is 0. The molecule has 1 aromatic heterocycles. The molecule has 1 amide bonds. The van der Waals surface area contributed by atoms with Crippen LogP contribution in [0.5, 0.6) is 0 Å². The van der Waals surface area contributed by atoms with E-state index in [0.717, 1.165) is 25.1 Å². The standard InChI is InChI=1S/C16H23N3O3/c20-8-12-10-3-4-11(7-10)15(12)17-13(21)5-6-14-18-16(19-22-14)9-1-2-9/h9-12,15,20H,1-8H2,(H,17,21). The molecule has 3 fully saturated rings. The van der Waals surface area contributed by atoms with Gasteiger partial charge in [0.05, 0.1) is 0 Å². The summed E-state index contributed by atoms with van der Waals surface area (Å²) < 4.78 is 5.20. The molecule has 4 rings (SSSR count). The van der Waals surface area contributed by atoms with Crippen molar-refractivity contribution >= 4 is 5.91 Å². The molecule has 2 bridgehead atoms. The van der Waals surface area contributed by atoms with Crippen LogP contribution in [0.1, 0.15) is 56.2 Å². The highest BCUT2D eigenvalue weighted by molar-refractivity contribution is 5.76. The van der Waals surface area contributed by atoms with Crippen molar-refractivity contribution in [3.05, 3.63) is 11.7 Å². The van der Waals surface area contributed by atoms with Crippen molar-refractivity contribution in [2.24, 2.45) is 17.8 Å². The number of aliphatic hydroxyl groups is 1. The smallest absolute Gasteiger partial charge is 0.227 e. The molecule has 0 saturated heterocycles. The van der Waals surface area contributed by atoms with Gasteiger partial charge in [-0.2, -0.15) is 4.98 Å². The van der Waals surface area contributed by atoms with E-state index in [1.807, 2.05) is 0 Å². The van der Waals surface area contributed by atoms with Crippen LogP contribution in [-0.2, 0) is 11.2 Å². The number of hydrogen-bond donors (Lipinski definition) is 2. The van der Waals surface area contributed by atoms with E-state index < -0.39 is 0 Å². The van der Waals surface area contributed by atoms with Crippen LogP contribution < -0.4 is 5.32 Å². The zero-order valence-corrected chi connectivity index (χ0v) is 12.7. The molecule has 0 aliphatic heterocycles. The Labute approximate surface area is 129 Å². The number of aromatic nitrogens is 2. The SMILES string of the molecule is O=C(CCc1nc(C2CC2)no1)NC1C2CCC(C2)C1CO. The Morgan fingerprint density at radius 2 is 2.09 bits per heavy atom. The maximum Gasteiger partial charge on any atom is 0.227 e. The average Bonchev–Trinajstić information content (AvgIpc) is 2.98. The highest BCUT2D eigenvalue weighted by Crippen LogP contribution is 2.48. The summed E-state index contributed by atoms with van der Waals surface area (Å²) in [6.45, 7) is 0.181.